The van der Waals surface area contributed by atoms with Gasteiger partial charge in [-0.3, -0.25) is 0 Å². The summed E-state index contributed by atoms with van der Waals surface area (Å²) in [5, 5.41) is 8.00. The van der Waals surface area contributed by atoms with Crippen molar-refractivity contribution in [2.75, 3.05) is 19.5 Å². The van der Waals surface area contributed by atoms with Gasteiger partial charge in [-0.05, 0) is 48.9 Å². The van der Waals surface area contributed by atoms with Gasteiger partial charge in [0, 0.05) is 23.5 Å². The summed E-state index contributed by atoms with van der Waals surface area (Å²) in [5.74, 6) is 2.07. The van der Waals surface area contributed by atoms with Crippen molar-refractivity contribution in [3.8, 4) is 23.0 Å². The normalized spacial score (nSPS) is 14.2. The van der Waals surface area contributed by atoms with Crippen molar-refractivity contribution in [3.63, 3.8) is 0 Å². The van der Waals surface area contributed by atoms with Crippen molar-refractivity contribution in [2.45, 2.75) is 19.5 Å². The van der Waals surface area contributed by atoms with E-state index in [-0.39, 0.29) is 12.1 Å². The third kappa shape index (κ3) is 4.29. The number of nitrogens with zero attached hydrogens (tertiary/aromatic N) is 4. The molecular formula is C31H29N5O3. The van der Waals surface area contributed by atoms with E-state index in [1.165, 1.54) is 0 Å². The maximum atomic E-state index is 14.1. The number of benzene rings is 3. The molecule has 0 fully saturated rings. The quantitative estimate of drug-likeness (QED) is 0.303. The molecule has 8 heteroatoms. The Kier molecular flexibility index (Phi) is 6.28. The van der Waals surface area contributed by atoms with Crippen LogP contribution in [0.3, 0.4) is 0 Å². The monoisotopic (exact) mass is 519 g/mol. The van der Waals surface area contributed by atoms with E-state index in [2.05, 4.69) is 28.1 Å². The highest BCUT2D eigenvalue weighted by Crippen LogP contribution is 2.39. The second kappa shape index (κ2) is 10.1. The largest absolute Gasteiger partial charge is 0.493 e. The van der Waals surface area contributed by atoms with Crippen LogP contribution in [0, 0.1) is 6.92 Å². The number of para-hydroxylation sites is 1. The molecule has 1 aliphatic rings. The van der Waals surface area contributed by atoms with E-state index in [1.807, 2.05) is 77.3 Å². The van der Waals surface area contributed by atoms with Crippen LogP contribution < -0.4 is 14.8 Å². The van der Waals surface area contributed by atoms with E-state index in [0.29, 0.717) is 23.7 Å². The predicted octanol–water partition coefficient (Wildman–Crippen LogP) is 6.13. The zero-order valence-electron chi connectivity index (χ0n) is 22.0. The molecule has 2 amide bonds. The van der Waals surface area contributed by atoms with Gasteiger partial charge in [-0.2, -0.15) is 5.10 Å². The highest BCUT2D eigenvalue weighted by molar-refractivity contribution is 5.90. The van der Waals surface area contributed by atoms with Gasteiger partial charge in [0.05, 0.1) is 43.9 Å². The Hall–Kier alpha value is -4.98. The van der Waals surface area contributed by atoms with Gasteiger partial charge in [0.15, 0.2) is 11.5 Å². The lowest BCUT2D eigenvalue weighted by molar-refractivity contribution is 0.194. The van der Waals surface area contributed by atoms with Crippen LogP contribution >= 0.6 is 0 Å². The Bertz CT molecular complexity index is 1630. The Morgan fingerprint density at radius 1 is 0.897 bits per heavy atom. The number of methoxy groups -OCH3 is 2. The number of hydrogen-bond donors (Lipinski definition) is 1. The summed E-state index contributed by atoms with van der Waals surface area (Å²) in [6.07, 6.45) is 2.04. The second-order valence-electron chi connectivity index (χ2n) is 9.38. The number of carbonyl (C=O) groups excluding carboxylic acids is 1. The first-order chi connectivity index (χ1) is 19.1. The molecular weight excluding hydrogens is 490 g/mol. The van der Waals surface area contributed by atoms with Crippen LogP contribution in [0.4, 0.5) is 10.5 Å². The number of anilines is 1. The van der Waals surface area contributed by atoms with Gasteiger partial charge < -0.3 is 24.3 Å². The van der Waals surface area contributed by atoms with Gasteiger partial charge in [0.25, 0.3) is 0 Å². The number of carbonyl (C=O) groups is 1. The lowest BCUT2D eigenvalue weighted by atomic mass is 10.0. The standard InChI is InChI=1S/C31H29N5O3/c1-21-25-20-35(31(37)32-23-16-17-27(38-2)28(19-23)39-3)29(22-11-6-4-7-12-22)26-15-10-18-34(26)30(25)36(33-21)24-13-8-5-9-14-24/h4-19,29H,20H2,1-3H3,(H,32,37)/t29-/m1/s1. The molecule has 1 N–H and O–H groups in total. The Balaban J connectivity index is 1.49. The summed E-state index contributed by atoms with van der Waals surface area (Å²) in [5.41, 5.74) is 5.41. The van der Waals surface area contributed by atoms with E-state index in [0.717, 1.165) is 34.0 Å². The minimum atomic E-state index is -0.336. The number of hydrogen-bond acceptors (Lipinski definition) is 4. The fraction of sp³-hybridized carbons (Fsp3) is 0.161. The van der Waals surface area contributed by atoms with E-state index in [4.69, 9.17) is 14.6 Å². The van der Waals surface area contributed by atoms with E-state index in [9.17, 15) is 4.79 Å². The van der Waals surface area contributed by atoms with Gasteiger partial charge in [0.2, 0.25) is 0 Å². The van der Waals surface area contributed by atoms with E-state index in [1.54, 1.807) is 32.4 Å². The summed E-state index contributed by atoms with van der Waals surface area (Å²) in [6.45, 7) is 2.36. The summed E-state index contributed by atoms with van der Waals surface area (Å²) in [4.78, 5) is 16.0. The SMILES string of the molecule is COc1ccc(NC(=O)N2Cc3c(C)nn(-c4ccccc4)c3-n3cccc3[C@H]2c2ccccc2)cc1OC. The molecule has 3 aromatic carbocycles. The average molecular weight is 520 g/mol. The molecule has 0 aliphatic carbocycles. The third-order valence-corrected chi connectivity index (χ3v) is 7.10. The first kappa shape index (κ1) is 24.4. The summed E-state index contributed by atoms with van der Waals surface area (Å²) < 4.78 is 14.9. The molecule has 3 heterocycles. The molecule has 0 radical (unpaired) electrons. The van der Waals surface area contributed by atoms with Gasteiger partial charge in [-0.25, -0.2) is 9.48 Å². The van der Waals surface area contributed by atoms with Crippen molar-refractivity contribution in [1.82, 2.24) is 19.2 Å². The number of nitrogens with one attached hydrogen (secondary N) is 1. The predicted molar refractivity (Wildman–Crippen MR) is 150 cm³/mol. The highest BCUT2D eigenvalue weighted by Gasteiger charge is 2.36. The summed E-state index contributed by atoms with van der Waals surface area (Å²) in [7, 11) is 3.16. The number of ether oxygens (including phenoxy) is 2. The van der Waals surface area contributed by atoms with Gasteiger partial charge in [-0.1, -0.05) is 48.5 Å². The zero-order chi connectivity index (χ0) is 26.9. The Morgan fingerprint density at radius 3 is 2.33 bits per heavy atom. The smallest absolute Gasteiger partial charge is 0.322 e. The molecule has 0 unspecified atom stereocenters. The molecule has 1 atom stereocenters. The first-order valence-corrected chi connectivity index (χ1v) is 12.7. The summed E-state index contributed by atoms with van der Waals surface area (Å²) in [6, 6.07) is 29.1. The average Bonchev–Trinajstić information content (AvgIpc) is 3.54. The van der Waals surface area contributed by atoms with Crippen molar-refractivity contribution in [2.24, 2.45) is 0 Å². The molecule has 2 aromatic heterocycles. The lowest BCUT2D eigenvalue weighted by Gasteiger charge is -2.31. The molecule has 0 saturated heterocycles. The maximum Gasteiger partial charge on any atom is 0.322 e. The Morgan fingerprint density at radius 2 is 1.62 bits per heavy atom. The second-order valence-corrected chi connectivity index (χ2v) is 9.38. The van der Waals surface area contributed by atoms with Crippen molar-refractivity contribution < 1.29 is 14.3 Å². The molecule has 39 heavy (non-hydrogen) atoms. The summed E-state index contributed by atoms with van der Waals surface area (Å²) >= 11 is 0. The van der Waals surface area contributed by atoms with Crippen LogP contribution in [-0.4, -0.2) is 39.5 Å². The number of fused-ring (bicyclic) bond motifs is 3. The highest BCUT2D eigenvalue weighted by atomic mass is 16.5. The number of aryl methyl sites for hydroxylation is 1. The van der Waals surface area contributed by atoms with Crippen LogP contribution in [0.1, 0.15) is 28.6 Å². The van der Waals surface area contributed by atoms with Gasteiger partial charge in [0.1, 0.15) is 5.82 Å². The molecule has 0 spiro atoms. The van der Waals surface area contributed by atoms with E-state index >= 15 is 0 Å². The van der Waals surface area contributed by atoms with Crippen LogP contribution in [0.25, 0.3) is 11.5 Å². The van der Waals surface area contributed by atoms with Gasteiger partial charge >= 0.3 is 6.03 Å². The zero-order valence-corrected chi connectivity index (χ0v) is 22.0. The first-order valence-electron chi connectivity index (χ1n) is 12.7. The van der Waals surface area contributed by atoms with Crippen molar-refractivity contribution in [1.29, 1.82) is 0 Å². The fourth-order valence-electron chi connectivity index (χ4n) is 5.24. The van der Waals surface area contributed by atoms with Gasteiger partial charge in [-0.15, -0.1) is 0 Å². The molecule has 196 valence electrons. The lowest BCUT2D eigenvalue weighted by Crippen LogP contribution is -2.38. The number of aromatic nitrogens is 3. The van der Waals surface area contributed by atoms with Crippen LogP contribution in [0.15, 0.2) is 97.2 Å². The minimum absolute atomic E-state index is 0.233. The third-order valence-electron chi connectivity index (χ3n) is 7.10. The topological polar surface area (TPSA) is 73.5 Å². The fourth-order valence-corrected chi connectivity index (χ4v) is 5.24. The Labute approximate surface area is 227 Å². The molecule has 0 bridgehead atoms. The number of urea groups is 1. The minimum Gasteiger partial charge on any atom is -0.493 e. The molecule has 0 saturated carbocycles. The van der Waals surface area contributed by atoms with Crippen molar-refractivity contribution in [3.05, 3.63) is 120 Å². The van der Waals surface area contributed by atoms with E-state index < -0.39 is 0 Å². The van der Waals surface area contributed by atoms with Crippen LogP contribution in [0.5, 0.6) is 11.5 Å². The van der Waals surface area contributed by atoms with Crippen LogP contribution in [0.2, 0.25) is 0 Å². The molecule has 1 aliphatic heterocycles. The van der Waals surface area contributed by atoms with Crippen molar-refractivity contribution >= 4 is 11.7 Å². The number of rotatable bonds is 5. The maximum absolute atomic E-state index is 14.1. The van der Waals surface area contributed by atoms with Crippen LogP contribution in [-0.2, 0) is 6.54 Å². The number of amides is 2. The molecule has 6 rings (SSSR count). The molecule has 5 aromatic rings. The molecule has 8 nitrogen and oxygen atoms in total.